The van der Waals surface area contributed by atoms with E-state index in [4.69, 9.17) is 0 Å². The molecule has 1 aliphatic rings. The number of fused-ring (bicyclic) bond motifs is 1. The van der Waals surface area contributed by atoms with Crippen LogP contribution >= 0.6 is 11.8 Å². The predicted octanol–water partition coefficient (Wildman–Crippen LogP) is 2.19. The van der Waals surface area contributed by atoms with Crippen molar-refractivity contribution < 1.29 is 9.50 Å². The van der Waals surface area contributed by atoms with E-state index >= 15 is 0 Å². The summed E-state index contributed by atoms with van der Waals surface area (Å²) in [6.07, 6.45) is 3.00. The van der Waals surface area contributed by atoms with E-state index in [-0.39, 0.29) is 5.82 Å². The van der Waals surface area contributed by atoms with Crippen LogP contribution in [0.15, 0.2) is 35.7 Å². The van der Waals surface area contributed by atoms with Gasteiger partial charge in [0.2, 0.25) is 0 Å². The number of aromatic nitrogens is 3. The van der Waals surface area contributed by atoms with Gasteiger partial charge < -0.3 is 5.11 Å². The zero-order valence-electron chi connectivity index (χ0n) is 10.7. The lowest BCUT2D eigenvalue weighted by Gasteiger charge is -2.36. The molecule has 4 nitrogen and oxygen atoms in total. The van der Waals surface area contributed by atoms with Crippen LogP contribution < -0.4 is 0 Å². The maximum absolute atomic E-state index is 13.3. The average Bonchev–Trinajstić information content (AvgIpc) is 2.86. The van der Waals surface area contributed by atoms with E-state index in [1.807, 2.05) is 13.8 Å². The third-order valence-corrected chi connectivity index (χ3v) is 5.01. The summed E-state index contributed by atoms with van der Waals surface area (Å²) in [6.45, 7) is 4.20. The minimum Gasteiger partial charge on any atom is -0.382 e. The van der Waals surface area contributed by atoms with Crippen molar-refractivity contribution in [2.45, 2.75) is 35.6 Å². The minimum atomic E-state index is -1.10. The number of thioether (sulfide) groups is 1. The topological polar surface area (TPSA) is 50.9 Å². The third-order valence-electron chi connectivity index (χ3n) is 3.61. The molecule has 1 aromatic heterocycles. The largest absolute Gasteiger partial charge is 0.382 e. The van der Waals surface area contributed by atoms with Gasteiger partial charge in [-0.05, 0) is 26.0 Å². The third kappa shape index (κ3) is 1.86. The fraction of sp³-hybridized carbons (Fsp3) is 0.385. The van der Waals surface area contributed by atoms with Crippen LogP contribution in [0.3, 0.4) is 0 Å². The molecule has 2 aromatic rings. The highest BCUT2D eigenvalue weighted by Crippen LogP contribution is 2.55. The van der Waals surface area contributed by atoms with Crippen molar-refractivity contribution in [1.29, 1.82) is 0 Å². The molecule has 1 atom stereocenters. The number of hydrogen-bond acceptors (Lipinski definition) is 4. The second kappa shape index (κ2) is 4.05. The zero-order valence-corrected chi connectivity index (χ0v) is 11.5. The Labute approximate surface area is 114 Å². The normalized spacial score (nSPS) is 24.4. The Morgan fingerprint density at radius 2 is 2.21 bits per heavy atom. The van der Waals surface area contributed by atoms with Crippen molar-refractivity contribution in [2.75, 3.05) is 0 Å². The lowest BCUT2D eigenvalue weighted by molar-refractivity contribution is -0.0112. The number of aliphatic hydroxyl groups is 1. The molecule has 0 bridgehead atoms. The molecule has 19 heavy (non-hydrogen) atoms. The fourth-order valence-corrected chi connectivity index (χ4v) is 3.84. The van der Waals surface area contributed by atoms with Gasteiger partial charge in [0.05, 0.1) is 6.54 Å². The van der Waals surface area contributed by atoms with Crippen molar-refractivity contribution in [3.63, 3.8) is 0 Å². The van der Waals surface area contributed by atoms with Gasteiger partial charge in [-0.1, -0.05) is 6.07 Å². The van der Waals surface area contributed by atoms with Crippen molar-refractivity contribution >= 4 is 11.8 Å². The average molecular weight is 279 g/mol. The molecule has 3 rings (SSSR count). The summed E-state index contributed by atoms with van der Waals surface area (Å²) in [6, 6.07) is 4.51. The second-order valence-corrected chi connectivity index (χ2v) is 6.87. The Morgan fingerprint density at radius 1 is 1.42 bits per heavy atom. The molecule has 1 aromatic carbocycles. The SMILES string of the molecule is CC1(C)Sc2cc(F)ccc2[C@@]1(O)Cn1cncn1. The quantitative estimate of drug-likeness (QED) is 0.915. The highest BCUT2D eigenvalue weighted by Gasteiger charge is 2.52. The number of rotatable bonds is 2. The summed E-state index contributed by atoms with van der Waals surface area (Å²) in [5.41, 5.74) is -0.353. The molecule has 1 N–H and O–H groups in total. The molecular weight excluding hydrogens is 265 g/mol. The Bertz CT molecular complexity index is 614. The smallest absolute Gasteiger partial charge is 0.137 e. The Kier molecular flexibility index (Phi) is 2.69. The van der Waals surface area contributed by atoms with Gasteiger partial charge in [0.25, 0.3) is 0 Å². The van der Waals surface area contributed by atoms with Gasteiger partial charge in [0, 0.05) is 15.2 Å². The zero-order chi connectivity index (χ0) is 13.7. The van der Waals surface area contributed by atoms with E-state index in [1.54, 1.807) is 17.1 Å². The van der Waals surface area contributed by atoms with Crippen molar-refractivity contribution in [2.24, 2.45) is 0 Å². The molecule has 0 unspecified atom stereocenters. The molecule has 6 heteroatoms. The first kappa shape index (κ1) is 12.6. The van der Waals surface area contributed by atoms with Gasteiger partial charge in [0.1, 0.15) is 24.1 Å². The van der Waals surface area contributed by atoms with Crippen LogP contribution in [0.25, 0.3) is 0 Å². The Hall–Kier alpha value is -1.40. The van der Waals surface area contributed by atoms with Crippen molar-refractivity contribution in [1.82, 2.24) is 14.8 Å². The summed E-state index contributed by atoms with van der Waals surface area (Å²) < 4.78 is 14.5. The van der Waals surface area contributed by atoms with Gasteiger partial charge >= 0.3 is 0 Å². The summed E-state index contributed by atoms with van der Waals surface area (Å²) in [5, 5.41) is 15.1. The van der Waals surface area contributed by atoms with E-state index in [2.05, 4.69) is 10.1 Å². The number of benzene rings is 1. The minimum absolute atomic E-state index is 0.285. The maximum atomic E-state index is 13.3. The summed E-state index contributed by atoms with van der Waals surface area (Å²) in [4.78, 5) is 4.67. The van der Waals surface area contributed by atoms with E-state index in [0.29, 0.717) is 6.54 Å². The van der Waals surface area contributed by atoms with Crippen LogP contribution in [0.4, 0.5) is 4.39 Å². The van der Waals surface area contributed by atoms with Gasteiger partial charge in [-0.15, -0.1) is 11.8 Å². The van der Waals surface area contributed by atoms with E-state index < -0.39 is 10.3 Å². The van der Waals surface area contributed by atoms with E-state index in [0.717, 1.165) is 10.5 Å². The van der Waals surface area contributed by atoms with E-state index in [1.165, 1.54) is 30.2 Å². The number of halogens is 1. The van der Waals surface area contributed by atoms with Crippen LogP contribution in [-0.4, -0.2) is 24.6 Å². The fourth-order valence-electron chi connectivity index (χ4n) is 2.43. The van der Waals surface area contributed by atoms with Crippen LogP contribution in [0, 0.1) is 5.82 Å². The predicted molar refractivity (Wildman–Crippen MR) is 70.3 cm³/mol. The van der Waals surface area contributed by atoms with Crippen LogP contribution in [0.1, 0.15) is 19.4 Å². The van der Waals surface area contributed by atoms with Crippen molar-refractivity contribution in [3.05, 3.63) is 42.2 Å². The summed E-state index contributed by atoms with van der Waals surface area (Å²) >= 11 is 1.48. The van der Waals surface area contributed by atoms with Gasteiger partial charge in [-0.3, -0.25) is 0 Å². The standard InChI is InChI=1S/C13H14FN3OS/c1-12(2)13(18,6-17-8-15-7-16-17)10-4-3-9(14)5-11(10)19-12/h3-5,7-8,18H,6H2,1-2H3/t13-/m0/s1. The molecule has 2 heterocycles. The highest BCUT2D eigenvalue weighted by atomic mass is 32.2. The van der Waals surface area contributed by atoms with Gasteiger partial charge in [0.15, 0.2) is 0 Å². The summed E-state index contributed by atoms with van der Waals surface area (Å²) in [5.74, 6) is -0.285. The molecule has 0 saturated heterocycles. The molecule has 0 radical (unpaired) electrons. The lowest BCUT2D eigenvalue weighted by Crippen LogP contribution is -2.45. The molecule has 0 saturated carbocycles. The Morgan fingerprint density at radius 3 is 2.89 bits per heavy atom. The number of hydrogen-bond donors (Lipinski definition) is 1. The molecular formula is C13H14FN3OS. The highest BCUT2D eigenvalue weighted by molar-refractivity contribution is 8.01. The lowest BCUT2D eigenvalue weighted by atomic mass is 9.83. The molecule has 1 aliphatic heterocycles. The Balaban J connectivity index is 2.08. The maximum Gasteiger partial charge on any atom is 0.137 e. The van der Waals surface area contributed by atoms with Crippen LogP contribution in [0.2, 0.25) is 0 Å². The second-order valence-electron chi connectivity index (χ2n) is 5.21. The molecule has 0 fully saturated rings. The molecule has 100 valence electrons. The monoisotopic (exact) mass is 279 g/mol. The van der Waals surface area contributed by atoms with Crippen LogP contribution in [-0.2, 0) is 12.1 Å². The summed E-state index contributed by atoms with van der Waals surface area (Å²) in [7, 11) is 0. The first-order valence-corrected chi connectivity index (χ1v) is 6.78. The first-order chi connectivity index (χ1) is 8.92. The molecule has 0 amide bonds. The van der Waals surface area contributed by atoms with Crippen molar-refractivity contribution in [3.8, 4) is 0 Å². The molecule has 0 spiro atoms. The molecule has 0 aliphatic carbocycles. The number of nitrogens with zero attached hydrogens (tertiary/aromatic N) is 3. The van der Waals surface area contributed by atoms with Crippen LogP contribution in [0.5, 0.6) is 0 Å². The van der Waals surface area contributed by atoms with Gasteiger partial charge in [-0.25, -0.2) is 14.1 Å². The first-order valence-electron chi connectivity index (χ1n) is 5.96. The van der Waals surface area contributed by atoms with Gasteiger partial charge in [-0.2, -0.15) is 5.10 Å². The van der Waals surface area contributed by atoms with E-state index in [9.17, 15) is 9.50 Å².